The highest BCUT2D eigenvalue weighted by atomic mass is 16.3. The van der Waals surface area contributed by atoms with Crippen molar-refractivity contribution < 1.29 is 9.90 Å². The van der Waals surface area contributed by atoms with Gasteiger partial charge in [0.1, 0.15) is 5.78 Å². The molecule has 30 heavy (non-hydrogen) atoms. The molecule has 2 N–H and O–H groups in total. The minimum absolute atomic E-state index is 0.0153. The van der Waals surface area contributed by atoms with E-state index in [2.05, 4.69) is 38.2 Å². The first kappa shape index (κ1) is 21.2. The molecule has 5 aliphatic rings. The second-order valence-corrected chi connectivity index (χ2v) is 12.2. The molecule has 0 amide bonds. The molecule has 1 saturated heterocycles. The fourth-order valence-electron chi connectivity index (χ4n) is 9.00. The van der Waals surface area contributed by atoms with Crippen LogP contribution in [0.5, 0.6) is 0 Å². The number of carbonyl (C=O) groups excluding carboxylic acids is 1. The summed E-state index contributed by atoms with van der Waals surface area (Å²) >= 11 is 0. The van der Waals surface area contributed by atoms with Gasteiger partial charge in [0.25, 0.3) is 0 Å². The Morgan fingerprint density at radius 2 is 1.70 bits per heavy atom. The molecule has 5 fully saturated rings. The van der Waals surface area contributed by atoms with Crippen LogP contribution in [0.4, 0.5) is 0 Å². The topological polar surface area (TPSA) is 49.3 Å². The molecule has 168 valence electrons. The van der Waals surface area contributed by atoms with Gasteiger partial charge in [-0.05, 0) is 112 Å². The second-order valence-electron chi connectivity index (χ2n) is 12.2. The minimum Gasteiger partial charge on any atom is -0.389 e. The van der Waals surface area contributed by atoms with Crippen LogP contribution in [0.25, 0.3) is 0 Å². The number of nitrogens with one attached hydrogen (secondary N) is 1. The van der Waals surface area contributed by atoms with Crippen LogP contribution >= 0.6 is 0 Å². The van der Waals surface area contributed by atoms with E-state index in [-0.39, 0.29) is 10.8 Å². The Balaban J connectivity index is 1.36. The summed E-state index contributed by atoms with van der Waals surface area (Å²) in [4.78, 5) is 12.7. The molecule has 4 aliphatic carbocycles. The van der Waals surface area contributed by atoms with Crippen molar-refractivity contribution in [1.29, 1.82) is 0 Å². The van der Waals surface area contributed by atoms with Crippen molar-refractivity contribution in [3.05, 3.63) is 12.2 Å². The SMILES string of the molecule is CC1C[C@@H]2[C@@H](CC[C@]3(C)C(=O)CC[C@@H]23)[C@@]2(C)CCC(C=CC3CCNCC3)CC12O. The van der Waals surface area contributed by atoms with Gasteiger partial charge in [-0.3, -0.25) is 4.79 Å². The highest BCUT2D eigenvalue weighted by molar-refractivity contribution is 5.87. The van der Waals surface area contributed by atoms with Crippen LogP contribution in [0.1, 0.15) is 85.0 Å². The molecule has 1 heterocycles. The number of hydrogen-bond donors (Lipinski definition) is 2. The maximum atomic E-state index is 12.7. The maximum Gasteiger partial charge on any atom is 0.139 e. The van der Waals surface area contributed by atoms with E-state index >= 15 is 0 Å². The predicted octanol–water partition coefficient (Wildman–Crippen LogP) is 5.13. The summed E-state index contributed by atoms with van der Waals surface area (Å²) in [5.41, 5.74) is -0.602. The van der Waals surface area contributed by atoms with Crippen molar-refractivity contribution in [3.8, 4) is 0 Å². The van der Waals surface area contributed by atoms with Gasteiger partial charge in [0.05, 0.1) is 5.60 Å². The number of carbonyl (C=O) groups is 1. The third kappa shape index (κ3) is 3.01. The molecule has 5 rings (SSSR count). The Hall–Kier alpha value is -0.670. The van der Waals surface area contributed by atoms with Gasteiger partial charge in [-0.25, -0.2) is 0 Å². The summed E-state index contributed by atoms with van der Waals surface area (Å²) < 4.78 is 0. The zero-order chi connectivity index (χ0) is 21.1. The number of rotatable bonds is 2. The number of piperidine rings is 1. The molecule has 3 unspecified atom stereocenters. The van der Waals surface area contributed by atoms with Gasteiger partial charge in [0, 0.05) is 11.8 Å². The van der Waals surface area contributed by atoms with Crippen molar-refractivity contribution in [3.63, 3.8) is 0 Å². The monoisotopic (exact) mass is 413 g/mol. The summed E-state index contributed by atoms with van der Waals surface area (Å²) in [7, 11) is 0. The first-order valence-corrected chi connectivity index (χ1v) is 12.9. The Kier molecular flexibility index (Phi) is 5.26. The zero-order valence-corrected chi connectivity index (χ0v) is 19.5. The molecule has 0 aromatic heterocycles. The van der Waals surface area contributed by atoms with Crippen molar-refractivity contribution >= 4 is 5.78 Å². The molecule has 3 heteroatoms. The Labute approximate surface area is 183 Å². The molecular formula is C27H43NO2. The van der Waals surface area contributed by atoms with E-state index in [9.17, 15) is 9.90 Å². The van der Waals surface area contributed by atoms with Crippen LogP contribution in [0.3, 0.4) is 0 Å². The number of ketones is 1. The van der Waals surface area contributed by atoms with Crippen molar-refractivity contribution in [2.45, 2.75) is 90.6 Å². The zero-order valence-electron chi connectivity index (χ0n) is 19.5. The largest absolute Gasteiger partial charge is 0.389 e. The third-order valence-corrected chi connectivity index (χ3v) is 11.0. The lowest BCUT2D eigenvalue weighted by Crippen LogP contribution is -2.65. The fourth-order valence-corrected chi connectivity index (χ4v) is 9.00. The van der Waals surface area contributed by atoms with Crippen molar-refractivity contribution in [2.75, 3.05) is 13.1 Å². The number of allylic oxidation sites excluding steroid dienone is 2. The molecule has 0 aromatic carbocycles. The Morgan fingerprint density at radius 3 is 2.47 bits per heavy atom. The highest BCUT2D eigenvalue weighted by Crippen LogP contribution is 2.68. The summed E-state index contributed by atoms with van der Waals surface area (Å²) in [6.45, 7) is 9.29. The first-order valence-electron chi connectivity index (χ1n) is 12.9. The van der Waals surface area contributed by atoms with E-state index in [1.807, 2.05) is 0 Å². The lowest BCUT2D eigenvalue weighted by molar-refractivity contribution is -0.233. The summed E-state index contributed by atoms with van der Waals surface area (Å²) in [6, 6.07) is 0. The summed E-state index contributed by atoms with van der Waals surface area (Å²) in [5, 5.41) is 15.7. The van der Waals surface area contributed by atoms with Gasteiger partial charge >= 0.3 is 0 Å². The Bertz CT molecular complexity index is 712. The molecule has 3 nitrogen and oxygen atoms in total. The molecule has 0 spiro atoms. The second kappa shape index (κ2) is 7.44. The van der Waals surface area contributed by atoms with Crippen LogP contribution in [0.2, 0.25) is 0 Å². The van der Waals surface area contributed by atoms with Gasteiger partial charge in [0.2, 0.25) is 0 Å². The summed E-state index contributed by atoms with van der Waals surface area (Å²) in [5.74, 6) is 3.89. The van der Waals surface area contributed by atoms with E-state index < -0.39 is 5.60 Å². The van der Waals surface area contributed by atoms with E-state index in [4.69, 9.17) is 0 Å². The third-order valence-electron chi connectivity index (χ3n) is 11.0. The van der Waals surface area contributed by atoms with E-state index in [1.165, 1.54) is 19.3 Å². The van der Waals surface area contributed by atoms with Crippen LogP contribution in [-0.2, 0) is 4.79 Å². The number of Topliss-reactive ketones (excluding diaryl/α,β-unsaturated/α-hetero) is 1. The minimum atomic E-state index is -0.550. The van der Waals surface area contributed by atoms with Crippen molar-refractivity contribution in [1.82, 2.24) is 5.32 Å². The van der Waals surface area contributed by atoms with E-state index in [0.29, 0.717) is 35.4 Å². The van der Waals surface area contributed by atoms with Crippen molar-refractivity contribution in [2.24, 2.45) is 46.3 Å². The van der Waals surface area contributed by atoms with Gasteiger partial charge < -0.3 is 10.4 Å². The van der Waals surface area contributed by atoms with Crippen LogP contribution < -0.4 is 5.32 Å². The maximum absolute atomic E-state index is 12.7. The number of hydrogen-bond acceptors (Lipinski definition) is 3. The van der Waals surface area contributed by atoms with Crippen LogP contribution in [0.15, 0.2) is 12.2 Å². The molecule has 0 bridgehead atoms. The molecule has 1 aliphatic heterocycles. The lowest BCUT2D eigenvalue weighted by Gasteiger charge is -2.65. The fraction of sp³-hybridized carbons (Fsp3) is 0.889. The molecule has 4 saturated carbocycles. The Morgan fingerprint density at radius 1 is 0.967 bits per heavy atom. The predicted molar refractivity (Wildman–Crippen MR) is 121 cm³/mol. The highest BCUT2D eigenvalue weighted by Gasteiger charge is 2.66. The van der Waals surface area contributed by atoms with Crippen LogP contribution in [0, 0.1) is 46.3 Å². The quantitative estimate of drug-likeness (QED) is 0.617. The lowest BCUT2D eigenvalue weighted by atomic mass is 9.41. The number of fused-ring (bicyclic) bond motifs is 5. The van der Waals surface area contributed by atoms with E-state index in [1.54, 1.807) is 0 Å². The molecule has 0 aromatic rings. The standard InChI is InChI=1S/C27H43NO2/c1-18-16-21-22-6-7-24(29)25(22,2)12-9-23(21)26(3)13-8-20(17-27(18,26)30)5-4-19-10-14-28-15-11-19/h4-5,18-23,28,30H,6-17H2,1-3H3/t18?,20?,21-,22-,23+,25-,26+,27?/m0/s1. The molecule has 0 radical (unpaired) electrons. The normalized spacial score (nSPS) is 52.1. The van der Waals surface area contributed by atoms with Gasteiger partial charge in [0.15, 0.2) is 0 Å². The number of aliphatic hydroxyl groups is 1. The first-order chi connectivity index (χ1) is 14.3. The van der Waals surface area contributed by atoms with Gasteiger partial charge in [-0.1, -0.05) is 32.9 Å². The van der Waals surface area contributed by atoms with Gasteiger partial charge in [-0.2, -0.15) is 0 Å². The average molecular weight is 414 g/mol. The van der Waals surface area contributed by atoms with Gasteiger partial charge in [-0.15, -0.1) is 0 Å². The summed E-state index contributed by atoms with van der Waals surface area (Å²) in [6.07, 6.45) is 16.0. The van der Waals surface area contributed by atoms with Crippen LogP contribution in [-0.4, -0.2) is 29.6 Å². The van der Waals surface area contributed by atoms with E-state index in [0.717, 1.165) is 64.0 Å². The smallest absolute Gasteiger partial charge is 0.139 e. The average Bonchev–Trinajstić information content (AvgIpc) is 3.04. The molecular weight excluding hydrogens is 370 g/mol. The molecule has 8 atom stereocenters.